The third-order valence-corrected chi connectivity index (χ3v) is 4.00. The third kappa shape index (κ3) is 4.25. The zero-order chi connectivity index (χ0) is 18.5. The molecule has 0 spiro atoms. The van der Waals surface area contributed by atoms with Crippen molar-refractivity contribution in [2.75, 3.05) is 17.2 Å². The van der Waals surface area contributed by atoms with Gasteiger partial charge in [-0.1, -0.05) is 6.07 Å². The monoisotopic (exact) mass is 354 g/mol. The zero-order valence-electron chi connectivity index (χ0n) is 13.9. The third-order valence-electron chi connectivity index (χ3n) is 4.00. The van der Waals surface area contributed by atoms with Crippen LogP contribution < -0.4 is 10.6 Å². The highest BCUT2D eigenvalue weighted by Gasteiger charge is 2.23. The quantitative estimate of drug-likeness (QED) is 0.766. The highest BCUT2D eigenvalue weighted by molar-refractivity contribution is 6.05. The van der Waals surface area contributed by atoms with E-state index in [1.807, 2.05) is 0 Å². The normalized spacial score (nSPS) is 16.1. The zero-order valence-corrected chi connectivity index (χ0v) is 13.9. The van der Waals surface area contributed by atoms with E-state index < -0.39 is 12.1 Å². The van der Waals surface area contributed by atoms with Gasteiger partial charge in [0, 0.05) is 23.5 Å². The number of benzene rings is 2. The van der Waals surface area contributed by atoms with Crippen LogP contribution in [0.3, 0.4) is 0 Å². The molecule has 7 nitrogen and oxygen atoms in total. The average molecular weight is 354 g/mol. The molecule has 2 aromatic rings. The molecule has 1 unspecified atom stereocenters. The van der Waals surface area contributed by atoms with E-state index in [1.54, 1.807) is 24.3 Å². The van der Waals surface area contributed by atoms with Crippen LogP contribution in [0.25, 0.3) is 0 Å². The van der Waals surface area contributed by atoms with Crippen LogP contribution >= 0.6 is 0 Å². The standard InChI is InChI=1S/C19H18N2O5/c22-17(20-14-8-6-12(7-9-14)19(24)25)13-3-1-4-15(11-13)21-18(23)16-5-2-10-26-16/h1,3-4,6-9,11,16H,2,5,10H2,(H,20,22)(H,21,23)(H,24,25). The van der Waals surface area contributed by atoms with E-state index in [-0.39, 0.29) is 17.4 Å². The molecule has 134 valence electrons. The summed E-state index contributed by atoms with van der Waals surface area (Å²) in [6.45, 7) is 0.585. The lowest BCUT2D eigenvalue weighted by Crippen LogP contribution is -2.27. The number of ether oxygens (including phenoxy) is 1. The van der Waals surface area contributed by atoms with E-state index in [1.165, 1.54) is 24.3 Å². The fraction of sp³-hybridized carbons (Fsp3) is 0.211. The van der Waals surface area contributed by atoms with Gasteiger partial charge < -0.3 is 20.5 Å². The van der Waals surface area contributed by atoms with Gasteiger partial charge in [-0.05, 0) is 55.3 Å². The first-order valence-electron chi connectivity index (χ1n) is 8.20. The molecule has 3 N–H and O–H groups in total. The van der Waals surface area contributed by atoms with E-state index in [0.717, 1.165) is 6.42 Å². The summed E-state index contributed by atoms with van der Waals surface area (Å²) in [6.07, 6.45) is 1.11. The second kappa shape index (κ2) is 7.79. The molecule has 1 atom stereocenters. The van der Waals surface area contributed by atoms with Crippen molar-refractivity contribution >= 4 is 29.2 Å². The summed E-state index contributed by atoms with van der Waals surface area (Å²) in [5, 5.41) is 14.3. The number of nitrogens with one attached hydrogen (secondary N) is 2. The minimum absolute atomic E-state index is 0.141. The maximum atomic E-state index is 12.4. The van der Waals surface area contributed by atoms with Crippen LogP contribution in [0.5, 0.6) is 0 Å². The average Bonchev–Trinajstić information content (AvgIpc) is 3.17. The number of hydrogen-bond acceptors (Lipinski definition) is 4. The number of carbonyl (C=O) groups excluding carboxylic acids is 2. The summed E-state index contributed by atoms with van der Waals surface area (Å²) in [5.74, 6) is -1.61. The van der Waals surface area contributed by atoms with E-state index in [4.69, 9.17) is 9.84 Å². The molecular weight excluding hydrogens is 336 g/mol. The van der Waals surface area contributed by atoms with Gasteiger partial charge in [-0.2, -0.15) is 0 Å². The second-order valence-electron chi connectivity index (χ2n) is 5.91. The fourth-order valence-electron chi connectivity index (χ4n) is 2.64. The van der Waals surface area contributed by atoms with Crippen molar-refractivity contribution in [2.45, 2.75) is 18.9 Å². The van der Waals surface area contributed by atoms with Gasteiger partial charge in [0.05, 0.1) is 5.56 Å². The molecule has 0 radical (unpaired) electrons. The van der Waals surface area contributed by atoms with Crippen LogP contribution in [0, 0.1) is 0 Å². The predicted molar refractivity (Wildman–Crippen MR) is 95.4 cm³/mol. The molecule has 7 heteroatoms. The molecule has 0 saturated carbocycles. The van der Waals surface area contributed by atoms with E-state index >= 15 is 0 Å². The molecular formula is C19H18N2O5. The number of carboxylic acids is 1. The Kier molecular flexibility index (Phi) is 5.28. The number of anilines is 2. The molecule has 1 fully saturated rings. The first kappa shape index (κ1) is 17.6. The summed E-state index contributed by atoms with van der Waals surface area (Å²) in [6, 6.07) is 12.4. The number of rotatable bonds is 5. The van der Waals surface area contributed by atoms with Crippen LogP contribution in [0.4, 0.5) is 11.4 Å². The van der Waals surface area contributed by atoms with Gasteiger partial charge in [0.15, 0.2) is 0 Å². The summed E-state index contributed by atoms with van der Waals surface area (Å²) in [5.41, 5.74) is 1.51. The van der Waals surface area contributed by atoms with Crippen LogP contribution in [0.1, 0.15) is 33.6 Å². The van der Waals surface area contributed by atoms with E-state index in [9.17, 15) is 14.4 Å². The van der Waals surface area contributed by atoms with Gasteiger partial charge in [0.2, 0.25) is 0 Å². The highest BCUT2D eigenvalue weighted by atomic mass is 16.5. The summed E-state index contributed by atoms with van der Waals surface area (Å²) in [4.78, 5) is 35.3. The van der Waals surface area contributed by atoms with Crippen LogP contribution in [-0.4, -0.2) is 35.6 Å². The molecule has 0 aromatic heterocycles. The molecule has 2 aromatic carbocycles. The smallest absolute Gasteiger partial charge is 0.335 e. The first-order valence-corrected chi connectivity index (χ1v) is 8.20. The van der Waals surface area contributed by atoms with Crippen molar-refractivity contribution in [3.63, 3.8) is 0 Å². The Morgan fingerprint density at radius 3 is 2.38 bits per heavy atom. The van der Waals surface area contributed by atoms with Crippen LogP contribution in [0.15, 0.2) is 48.5 Å². The Morgan fingerprint density at radius 1 is 0.962 bits per heavy atom. The lowest BCUT2D eigenvalue weighted by Gasteiger charge is -2.11. The Labute approximate surface area is 150 Å². The summed E-state index contributed by atoms with van der Waals surface area (Å²) in [7, 11) is 0. The second-order valence-corrected chi connectivity index (χ2v) is 5.91. The van der Waals surface area contributed by atoms with Crippen molar-refractivity contribution in [1.29, 1.82) is 0 Å². The van der Waals surface area contributed by atoms with Crippen molar-refractivity contribution < 1.29 is 24.2 Å². The van der Waals surface area contributed by atoms with Crippen molar-refractivity contribution in [2.24, 2.45) is 0 Å². The molecule has 0 aliphatic carbocycles. The van der Waals surface area contributed by atoms with Crippen LogP contribution in [0.2, 0.25) is 0 Å². The Bertz CT molecular complexity index is 826. The lowest BCUT2D eigenvalue weighted by atomic mass is 10.1. The summed E-state index contributed by atoms with van der Waals surface area (Å²) >= 11 is 0. The topological polar surface area (TPSA) is 105 Å². The maximum absolute atomic E-state index is 12.4. The summed E-state index contributed by atoms with van der Waals surface area (Å²) < 4.78 is 5.34. The van der Waals surface area contributed by atoms with Gasteiger partial charge in [-0.25, -0.2) is 4.79 Å². The Morgan fingerprint density at radius 2 is 1.73 bits per heavy atom. The maximum Gasteiger partial charge on any atom is 0.335 e. The minimum atomic E-state index is -1.03. The predicted octanol–water partition coefficient (Wildman–Crippen LogP) is 2.75. The number of amides is 2. The molecule has 3 rings (SSSR count). The molecule has 1 aliphatic heterocycles. The molecule has 26 heavy (non-hydrogen) atoms. The van der Waals surface area contributed by atoms with Crippen LogP contribution in [-0.2, 0) is 9.53 Å². The van der Waals surface area contributed by atoms with Gasteiger partial charge in [0.1, 0.15) is 6.10 Å². The number of carboxylic acid groups (broad SMARTS) is 1. The Hall–Kier alpha value is -3.19. The van der Waals surface area contributed by atoms with Gasteiger partial charge in [-0.15, -0.1) is 0 Å². The van der Waals surface area contributed by atoms with Crippen molar-refractivity contribution in [3.05, 3.63) is 59.7 Å². The first-order chi connectivity index (χ1) is 12.5. The lowest BCUT2D eigenvalue weighted by molar-refractivity contribution is -0.124. The fourth-order valence-corrected chi connectivity index (χ4v) is 2.64. The van der Waals surface area contributed by atoms with Crippen molar-refractivity contribution in [1.82, 2.24) is 0 Å². The van der Waals surface area contributed by atoms with Gasteiger partial charge >= 0.3 is 5.97 Å². The van der Waals surface area contributed by atoms with E-state index in [2.05, 4.69) is 10.6 Å². The number of aromatic carboxylic acids is 1. The highest BCUT2D eigenvalue weighted by Crippen LogP contribution is 2.17. The largest absolute Gasteiger partial charge is 0.478 e. The number of carbonyl (C=O) groups is 3. The SMILES string of the molecule is O=C(O)c1ccc(NC(=O)c2cccc(NC(=O)C3CCCO3)c2)cc1. The molecule has 1 heterocycles. The Balaban J connectivity index is 1.65. The molecule has 2 amide bonds. The van der Waals surface area contributed by atoms with Crippen molar-refractivity contribution in [3.8, 4) is 0 Å². The minimum Gasteiger partial charge on any atom is -0.478 e. The number of hydrogen-bond donors (Lipinski definition) is 3. The van der Waals surface area contributed by atoms with E-state index in [0.29, 0.717) is 30.0 Å². The molecule has 1 saturated heterocycles. The molecule has 1 aliphatic rings. The molecule has 0 bridgehead atoms. The van der Waals surface area contributed by atoms with Gasteiger partial charge in [-0.3, -0.25) is 9.59 Å². The van der Waals surface area contributed by atoms with Gasteiger partial charge in [0.25, 0.3) is 11.8 Å².